The van der Waals surface area contributed by atoms with Crippen LogP contribution in [0.3, 0.4) is 0 Å². The molecule has 0 rings (SSSR count). The van der Waals surface area contributed by atoms with Crippen LogP contribution in [0, 0.1) is 0 Å². The molecule has 0 aliphatic rings. The van der Waals surface area contributed by atoms with Crippen molar-refractivity contribution < 1.29 is 37.6 Å². The summed E-state index contributed by atoms with van der Waals surface area (Å²) in [6.45, 7) is 3.35. The molecule has 9 nitrogen and oxygen atoms in total. The van der Waals surface area contributed by atoms with Gasteiger partial charge in [0.1, 0.15) is 6.61 Å². The highest BCUT2D eigenvalue weighted by Gasteiger charge is 2.25. The second-order valence-corrected chi connectivity index (χ2v) is 15.0. The molecule has 0 aromatic rings. The molecule has 0 amide bonds. The van der Waals surface area contributed by atoms with E-state index in [9.17, 15) is 19.0 Å². The summed E-state index contributed by atoms with van der Waals surface area (Å²) in [4.78, 5) is 33.8. The van der Waals surface area contributed by atoms with Gasteiger partial charge in [0, 0.05) is 19.4 Å². The van der Waals surface area contributed by atoms with Crippen LogP contribution < -0.4 is 5.73 Å². The van der Waals surface area contributed by atoms with Gasteiger partial charge in [0.05, 0.1) is 13.2 Å². The molecule has 0 fully saturated rings. The van der Waals surface area contributed by atoms with Gasteiger partial charge in [-0.3, -0.25) is 18.6 Å². The van der Waals surface area contributed by atoms with Gasteiger partial charge in [-0.25, -0.2) is 4.57 Å². The third kappa shape index (κ3) is 34.9. The van der Waals surface area contributed by atoms with E-state index in [1.54, 1.807) is 0 Å². The molecule has 286 valence electrons. The van der Waals surface area contributed by atoms with Crippen LogP contribution >= 0.6 is 7.82 Å². The number of nitrogens with two attached hydrogens (primary N) is 1. The number of hydrogen-bond donors (Lipinski definition) is 2. The summed E-state index contributed by atoms with van der Waals surface area (Å²) in [6, 6.07) is 0. The molecule has 0 aromatic heterocycles. The highest BCUT2D eigenvalue weighted by molar-refractivity contribution is 7.47. The number of phosphoric acid groups is 1. The summed E-state index contributed by atoms with van der Waals surface area (Å²) in [5.74, 6) is -0.879. The predicted molar refractivity (Wildman–Crippen MR) is 197 cm³/mol. The van der Waals surface area contributed by atoms with E-state index >= 15 is 0 Å². The average molecular weight is 706 g/mol. The van der Waals surface area contributed by atoms with Crippen LogP contribution in [0.4, 0.5) is 0 Å². The van der Waals surface area contributed by atoms with Crippen molar-refractivity contribution in [2.24, 2.45) is 5.73 Å². The largest absolute Gasteiger partial charge is 0.472 e. The molecular formula is C38H76NO8P. The van der Waals surface area contributed by atoms with Gasteiger partial charge in [-0.15, -0.1) is 0 Å². The van der Waals surface area contributed by atoms with Gasteiger partial charge in [-0.05, 0) is 12.8 Å². The normalized spacial score (nSPS) is 13.3. The number of carbonyl (C=O) groups is 2. The minimum atomic E-state index is -4.34. The molecule has 1 unspecified atom stereocenters. The predicted octanol–water partition coefficient (Wildman–Crippen LogP) is 10.9. The van der Waals surface area contributed by atoms with Gasteiger partial charge >= 0.3 is 19.8 Å². The number of ether oxygens (including phenoxy) is 2. The van der Waals surface area contributed by atoms with Gasteiger partial charge in [-0.2, -0.15) is 0 Å². The highest BCUT2D eigenvalue weighted by atomic mass is 31.2. The van der Waals surface area contributed by atoms with E-state index < -0.39 is 26.5 Å². The highest BCUT2D eigenvalue weighted by Crippen LogP contribution is 2.43. The molecular weight excluding hydrogens is 629 g/mol. The van der Waals surface area contributed by atoms with Crippen LogP contribution in [0.5, 0.6) is 0 Å². The fraction of sp³-hybridized carbons (Fsp3) is 0.947. The Kier molecular flexibility index (Phi) is 35.1. The second-order valence-electron chi connectivity index (χ2n) is 13.5. The van der Waals surface area contributed by atoms with Crippen molar-refractivity contribution in [3.63, 3.8) is 0 Å². The Hall–Kier alpha value is -0.990. The Balaban J connectivity index is 3.58. The number of carbonyl (C=O) groups excluding carboxylic acids is 2. The zero-order valence-corrected chi connectivity index (χ0v) is 32.1. The molecule has 0 saturated heterocycles. The van der Waals surface area contributed by atoms with Crippen molar-refractivity contribution in [2.45, 2.75) is 206 Å². The van der Waals surface area contributed by atoms with E-state index in [-0.39, 0.29) is 38.6 Å². The number of rotatable bonds is 38. The Bertz CT molecular complexity index is 769. The first kappa shape index (κ1) is 47.0. The van der Waals surface area contributed by atoms with Crippen molar-refractivity contribution in [3.8, 4) is 0 Å². The first-order chi connectivity index (χ1) is 23.3. The van der Waals surface area contributed by atoms with E-state index in [0.29, 0.717) is 6.42 Å². The first-order valence-electron chi connectivity index (χ1n) is 20.0. The Morgan fingerprint density at radius 3 is 1.31 bits per heavy atom. The third-order valence-corrected chi connectivity index (χ3v) is 9.70. The lowest BCUT2D eigenvalue weighted by Gasteiger charge is -2.19. The average Bonchev–Trinajstić information content (AvgIpc) is 3.06. The van der Waals surface area contributed by atoms with E-state index in [4.69, 9.17) is 19.7 Å². The molecule has 0 spiro atoms. The smallest absolute Gasteiger partial charge is 0.462 e. The number of phosphoric ester groups is 1. The number of unbranched alkanes of at least 4 members (excludes halogenated alkanes) is 25. The Morgan fingerprint density at radius 1 is 0.542 bits per heavy atom. The molecule has 0 bridgehead atoms. The molecule has 0 aromatic carbocycles. The molecule has 0 saturated carbocycles. The topological polar surface area (TPSA) is 134 Å². The fourth-order valence-electron chi connectivity index (χ4n) is 5.79. The van der Waals surface area contributed by atoms with Crippen LogP contribution in [0.1, 0.15) is 200 Å². The van der Waals surface area contributed by atoms with Crippen molar-refractivity contribution in [1.29, 1.82) is 0 Å². The van der Waals surface area contributed by atoms with E-state index in [0.717, 1.165) is 19.3 Å². The lowest BCUT2D eigenvalue weighted by molar-refractivity contribution is -0.161. The molecule has 0 aliphatic heterocycles. The fourth-order valence-corrected chi connectivity index (χ4v) is 6.56. The number of esters is 2. The maximum Gasteiger partial charge on any atom is 0.472 e. The minimum Gasteiger partial charge on any atom is -0.462 e. The van der Waals surface area contributed by atoms with E-state index in [2.05, 4.69) is 11.4 Å². The Morgan fingerprint density at radius 2 is 0.938 bits per heavy atom. The second kappa shape index (κ2) is 35.8. The summed E-state index contributed by atoms with van der Waals surface area (Å²) < 4.78 is 31.9. The van der Waals surface area contributed by atoms with Gasteiger partial charge < -0.3 is 20.1 Å². The molecule has 2 atom stereocenters. The quantitative estimate of drug-likeness (QED) is 0.0365. The maximum absolute atomic E-state index is 12.2. The molecule has 0 radical (unpaired) electrons. The SMILES string of the molecule is CCCCCCCCCCCCCCCCCCCCCCCCCCCCC(=O)OC[C@H](COP(=O)(O)OCCN)OC(=O)CCC. The minimum absolute atomic E-state index is 0.0556. The van der Waals surface area contributed by atoms with Gasteiger partial charge in [0.25, 0.3) is 0 Å². The molecule has 0 aliphatic carbocycles. The van der Waals surface area contributed by atoms with Crippen LogP contribution in [0.25, 0.3) is 0 Å². The van der Waals surface area contributed by atoms with E-state index in [1.165, 1.54) is 148 Å². The van der Waals surface area contributed by atoms with Crippen LogP contribution in [0.15, 0.2) is 0 Å². The standard InChI is InChI=1S/C38H76NO8P/c1-3-5-6-7-8-9-10-11-12-13-14-15-16-17-18-19-20-21-22-23-24-25-26-27-28-29-31-37(40)44-34-36(47-38(41)30-4-2)35-46-48(42,43)45-33-32-39/h36H,3-35,39H2,1-2H3,(H,42,43)/t36-/m1/s1. The lowest BCUT2D eigenvalue weighted by Crippen LogP contribution is -2.29. The summed E-state index contributed by atoms with van der Waals surface area (Å²) in [6.07, 6.45) is 34.9. The summed E-state index contributed by atoms with van der Waals surface area (Å²) >= 11 is 0. The third-order valence-electron chi connectivity index (χ3n) is 8.71. The monoisotopic (exact) mass is 706 g/mol. The van der Waals surface area contributed by atoms with Crippen molar-refractivity contribution >= 4 is 19.8 Å². The zero-order valence-electron chi connectivity index (χ0n) is 31.2. The number of hydrogen-bond acceptors (Lipinski definition) is 8. The van der Waals surface area contributed by atoms with Crippen molar-refractivity contribution in [1.82, 2.24) is 0 Å². The zero-order chi connectivity index (χ0) is 35.4. The van der Waals surface area contributed by atoms with E-state index in [1.807, 2.05) is 6.92 Å². The first-order valence-corrected chi connectivity index (χ1v) is 21.5. The van der Waals surface area contributed by atoms with Crippen molar-refractivity contribution in [3.05, 3.63) is 0 Å². The van der Waals surface area contributed by atoms with Gasteiger partial charge in [0.2, 0.25) is 0 Å². The molecule has 10 heteroatoms. The van der Waals surface area contributed by atoms with Gasteiger partial charge in [-0.1, -0.05) is 174 Å². The lowest BCUT2D eigenvalue weighted by atomic mass is 10.0. The van der Waals surface area contributed by atoms with Crippen molar-refractivity contribution in [2.75, 3.05) is 26.4 Å². The van der Waals surface area contributed by atoms with Crippen LogP contribution in [0.2, 0.25) is 0 Å². The summed E-state index contributed by atoms with van der Waals surface area (Å²) in [5.41, 5.74) is 5.27. The maximum atomic E-state index is 12.2. The van der Waals surface area contributed by atoms with Crippen LogP contribution in [-0.2, 0) is 32.7 Å². The van der Waals surface area contributed by atoms with Crippen LogP contribution in [-0.4, -0.2) is 49.3 Å². The molecule has 0 heterocycles. The summed E-state index contributed by atoms with van der Waals surface area (Å²) in [7, 11) is -4.34. The molecule has 3 N–H and O–H groups in total. The molecule has 48 heavy (non-hydrogen) atoms. The van der Waals surface area contributed by atoms with Gasteiger partial charge in [0.15, 0.2) is 6.10 Å². The summed E-state index contributed by atoms with van der Waals surface area (Å²) in [5, 5.41) is 0. The Labute approximate surface area is 295 Å².